The zero-order valence-electron chi connectivity index (χ0n) is 20.6. The molecule has 0 saturated carbocycles. The predicted molar refractivity (Wildman–Crippen MR) is 139 cm³/mol. The van der Waals surface area contributed by atoms with Crippen LogP contribution in [0.5, 0.6) is 11.5 Å². The SMILES string of the molecule is COc1cccc(-c2noc(Cn3c(C)cc4nc(SC)n(-c5ccc(C)cc5)c(=O)c43)n2)c1OC. The summed E-state index contributed by atoms with van der Waals surface area (Å²) in [4.78, 5) is 23.1. The molecule has 10 heteroatoms. The fourth-order valence-electron chi connectivity index (χ4n) is 4.20. The molecule has 0 bridgehead atoms. The molecule has 3 heterocycles. The Bertz CT molecular complexity index is 1620. The Morgan fingerprint density at radius 3 is 2.50 bits per heavy atom. The number of hydrogen-bond acceptors (Lipinski definition) is 8. The second kappa shape index (κ2) is 9.54. The van der Waals surface area contributed by atoms with Crippen LogP contribution in [0.15, 0.2) is 63.0 Å². The van der Waals surface area contributed by atoms with E-state index in [1.807, 2.05) is 67.1 Å². The molecule has 3 aromatic heterocycles. The molecule has 5 rings (SSSR count). The van der Waals surface area contributed by atoms with Crippen LogP contribution in [0.4, 0.5) is 0 Å². The summed E-state index contributed by atoms with van der Waals surface area (Å²) in [6.07, 6.45) is 1.91. The number of aryl methyl sites for hydroxylation is 2. The lowest BCUT2D eigenvalue weighted by atomic mass is 10.1. The van der Waals surface area contributed by atoms with Crippen molar-refractivity contribution in [3.05, 3.63) is 76.0 Å². The van der Waals surface area contributed by atoms with Gasteiger partial charge in [-0.1, -0.05) is 40.7 Å². The zero-order valence-corrected chi connectivity index (χ0v) is 21.4. The van der Waals surface area contributed by atoms with E-state index in [1.54, 1.807) is 24.9 Å². The number of para-hydroxylation sites is 1. The van der Waals surface area contributed by atoms with Crippen molar-refractivity contribution < 1.29 is 14.0 Å². The standard InChI is InChI=1S/C26H25N5O4S/c1-15-9-11-17(12-10-15)31-25(32)22-19(27-26(31)36-5)13-16(2)30(22)14-21-28-24(29-35-21)18-7-6-8-20(33-3)23(18)34-4/h6-13H,14H2,1-5H3. The van der Waals surface area contributed by atoms with E-state index in [0.29, 0.717) is 45.0 Å². The minimum absolute atomic E-state index is 0.157. The average Bonchev–Trinajstić information content (AvgIpc) is 3.48. The minimum Gasteiger partial charge on any atom is -0.493 e. The van der Waals surface area contributed by atoms with Crippen molar-refractivity contribution in [3.8, 4) is 28.6 Å². The summed E-state index contributed by atoms with van der Waals surface area (Å²) in [5.74, 6) is 1.81. The molecule has 0 unspecified atom stereocenters. The lowest BCUT2D eigenvalue weighted by molar-refractivity contribution is 0.355. The van der Waals surface area contributed by atoms with Crippen molar-refractivity contribution in [3.63, 3.8) is 0 Å². The van der Waals surface area contributed by atoms with E-state index in [9.17, 15) is 4.79 Å². The Kier molecular flexibility index (Phi) is 6.27. The van der Waals surface area contributed by atoms with E-state index in [4.69, 9.17) is 19.0 Å². The number of ether oxygens (including phenoxy) is 2. The largest absolute Gasteiger partial charge is 0.493 e. The molecular formula is C26H25N5O4S. The van der Waals surface area contributed by atoms with Crippen LogP contribution in [0.2, 0.25) is 0 Å². The number of thioether (sulfide) groups is 1. The molecule has 0 aliphatic rings. The highest BCUT2D eigenvalue weighted by Crippen LogP contribution is 2.36. The van der Waals surface area contributed by atoms with Crippen molar-refractivity contribution in [1.29, 1.82) is 0 Å². The van der Waals surface area contributed by atoms with E-state index >= 15 is 0 Å². The molecule has 0 aliphatic heterocycles. The Hall–Kier alpha value is -4.05. The number of nitrogens with zero attached hydrogens (tertiary/aromatic N) is 5. The highest BCUT2D eigenvalue weighted by Gasteiger charge is 2.21. The second-order valence-corrected chi connectivity index (χ2v) is 9.01. The van der Waals surface area contributed by atoms with Crippen LogP contribution in [-0.2, 0) is 6.54 Å². The minimum atomic E-state index is -0.157. The third kappa shape index (κ3) is 4.03. The molecule has 0 amide bonds. The molecule has 0 radical (unpaired) electrons. The van der Waals surface area contributed by atoms with Gasteiger partial charge in [0.15, 0.2) is 16.7 Å². The molecule has 36 heavy (non-hydrogen) atoms. The molecule has 9 nitrogen and oxygen atoms in total. The Morgan fingerprint density at radius 2 is 1.81 bits per heavy atom. The first-order valence-electron chi connectivity index (χ1n) is 11.2. The van der Waals surface area contributed by atoms with E-state index in [2.05, 4.69) is 10.1 Å². The molecule has 0 saturated heterocycles. The maximum absolute atomic E-state index is 13.8. The smallest absolute Gasteiger partial charge is 0.283 e. The quantitative estimate of drug-likeness (QED) is 0.234. The van der Waals surface area contributed by atoms with Gasteiger partial charge >= 0.3 is 0 Å². The number of fused-ring (bicyclic) bond motifs is 1. The van der Waals surface area contributed by atoms with Crippen LogP contribution in [0.25, 0.3) is 28.1 Å². The van der Waals surface area contributed by atoms with Crippen molar-refractivity contribution >= 4 is 22.8 Å². The van der Waals surface area contributed by atoms with Crippen LogP contribution in [-0.4, -0.2) is 44.7 Å². The van der Waals surface area contributed by atoms with Gasteiger partial charge in [-0.3, -0.25) is 9.36 Å². The summed E-state index contributed by atoms with van der Waals surface area (Å²) in [5.41, 5.74) is 4.33. The number of methoxy groups -OCH3 is 2. The zero-order chi connectivity index (χ0) is 25.4. The van der Waals surface area contributed by atoms with E-state index in [-0.39, 0.29) is 12.1 Å². The highest BCUT2D eigenvalue weighted by atomic mass is 32.2. The molecule has 184 valence electrons. The molecule has 0 N–H and O–H groups in total. The Balaban J connectivity index is 1.59. The van der Waals surface area contributed by atoms with E-state index in [1.165, 1.54) is 11.8 Å². The number of rotatable bonds is 7. The van der Waals surface area contributed by atoms with Crippen LogP contribution in [0.1, 0.15) is 17.1 Å². The fourth-order valence-corrected chi connectivity index (χ4v) is 4.76. The molecule has 0 aliphatic carbocycles. The first-order chi connectivity index (χ1) is 17.4. The summed E-state index contributed by atoms with van der Waals surface area (Å²) in [6.45, 7) is 4.16. The van der Waals surface area contributed by atoms with Crippen molar-refractivity contribution in [2.24, 2.45) is 0 Å². The maximum Gasteiger partial charge on any atom is 0.283 e. The Morgan fingerprint density at radius 1 is 1.03 bits per heavy atom. The van der Waals surface area contributed by atoms with Gasteiger partial charge in [0.2, 0.25) is 11.7 Å². The molecule has 0 fully saturated rings. The van der Waals surface area contributed by atoms with Gasteiger partial charge in [-0.25, -0.2) is 4.98 Å². The summed E-state index contributed by atoms with van der Waals surface area (Å²) in [5, 5.41) is 4.77. The highest BCUT2D eigenvalue weighted by molar-refractivity contribution is 7.98. The van der Waals surface area contributed by atoms with Crippen molar-refractivity contribution in [1.82, 2.24) is 24.3 Å². The van der Waals surface area contributed by atoms with Crippen LogP contribution < -0.4 is 15.0 Å². The van der Waals surface area contributed by atoms with E-state index < -0.39 is 0 Å². The molecule has 0 atom stereocenters. The monoisotopic (exact) mass is 503 g/mol. The van der Waals surface area contributed by atoms with Crippen LogP contribution >= 0.6 is 11.8 Å². The Labute approximate surface area is 211 Å². The van der Waals surface area contributed by atoms with Gasteiger partial charge in [0.1, 0.15) is 12.1 Å². The molecular weight excluding hydrogens is 478 g/mol. The number of hydrogen-bond donors (Lipinski definition) is 0. The van der Waals surface area contributed by atoms with Gasteiger partial charge in [-0.2, -0.15) is 4.98 Å². The topological polar surface area (TPSA) is 97.2 Å². The average molecular weight is 504 g/mol. The molecule has 5 aromatic rings. The maximum atomic E-state index is 13.8. The van der Waals surface area contributed by atoms with E-state index in [0.717, 1.165) is 16.9 Å². The van der Waals surface area contributed by atoms with Crippen LogP contribution in [0, 0.1) is 13.8 Å². The predicted octanol–water partition coefficient (Wildman–Crippen LogP) is 4.64. The van der Waals surface area contributed by atoms with Crippen molar-refractivity contribution in [2.75, 3.05) is 20.5 Å². The summed E-state index contributed by atoms with van der Waals surface area (Å²) in [7, 11) is 3.13. The first-order valence-corrected chi connectivity index (χ1v) is 12.5. The number of benzene rings is 2. The number of aromatic nitrogens is 5. The molecule has 2 aromatic carbocycles. The van der Waals surface area contributed by atoms with Gasteiger partial charge in [-0.15, -0.1) is 0 Å². The van der Waals surface area contributed by atoms with Gasteiger partial charge in [0.05, 0.1) is 31.0 Å². The van der Waals surface area contributed by atoms with Gasteiger partial charge < -0.3 is 18.6 Å². The van der Waals surface area contributed by atoms with Gasteiger partial charge in [0.25, 0.3) is 5.56 Å². The normalized spacial score (nSPS) is 11.2. The lowest BCUT2D eigenvalue weighted by Gasteiger charge is -2.12. The second-order valence-electron chi connectivity index (χ2n) is 8.23. The summed E-state index contributed by atoms with van der Waals surface area (Å²) >= 11 is 1.43. The fraction of sp³-hybridized carbons (Fsp3) is 0.231. The first kappa shape index (κ1) is 23.7. The summed E-state index contributed by atoms with van der Waals surface area (Å²) in [6, 6.07) is 15.2. The lowest BCUT2D eigenvalue weighted by Crippen LogP contribution is -2.23. The molecule has 0 spiro atoms. The van der Waals surface area contributed by atoms with Gasteiger partial charge in [0, 0.05) is 5.69 Å². The summed E-state index contributed by atoms with van der Waals surface area (Å²) < 4.78 is 20.0. The third-order valence-corrected chi connectivity index (χ3v) is 6.62. The van der Waals surface area contributed by atoms with Crippen molar-refractivity contribution in [2.45, 2.75) is 25.5 Å². The van der Waals surface area contributed by atoms with Crippen LogP contribution in [0.3, 0.4) is 0 Å². The van der Waals surface area contributed by atoms with Gasteiger partial charge in [-0.05, 0) is 50.4 Å². The third-order valence-electron chi connectivity index (χ3n) is 5.98.